The van der Waals surface area contributed by atoms with E-state index in [2.05, 4.69) is 5.32 Å². The Morgan fingerprint density at radius 3 is 2.71 bits per heavy atom. The maximum Gasteiger partial charge on any atom is 0.407 e. The van der Waals surface area contributed by atoms with Gasteiger partial charge >= 0.3 is 6.09 Å². The highest BCUT2D eigenvalue weighted by Gasteiger charge is 2.31. The second-order valence-corrected chi connectivity index (χ2v) is 4.86. The molecular weight excluding hydrogens is 276 g/mol. The lowest BCUT2D eigenvalue weighted by molar-refractivity contribution is -0.125. The highest BCUT2D eigenvalue weighted by Crippen LogP contribution is 2.12. The topological polar surface area (TPSA) is 99.1 Å². The molecule has 1 aromatic carbocycles. The van der Waals surface area contributed by atoms with E-state index in [0.717, 1.165) is 0 Å². The maximum atomic E-state index is 11.8. The molecule has 0 bridgehead atoms. The van der Waals surface area contributed by atoms with E-state index in [1.54, 1.807) is 24.3 Å². The predicted octanol–water partition coefficient (Wildman–Crippen LogP) is 0.295. The predicted molar refractivity (Wildman–Crippen MR) is 74.1 cm³/mol. The standard InChI is InChI=1S/C14H18N2O5/c17-12-6-7-16(14(19)20)8-11(12)15-13(18)9-21-10-4-2-1-3-5-10/h1-5,11-12,17H,6-9H2,(H,15,18)(H,19,20). The molecule has 21 heavy (non-hydrogen) atoms. The van der Waals surface area contributed by atoms with Gasteiger partial charge < -0.3 is 25.2 Å². The minimum absolute atomic E-state index is 0.0770. The van der Waals surface area contributed by atoms with E-state index in [0.29, 0.717) is 12.2 Å². The molecule has 2 rings (SSSR count). The molecule has 7 heteroatoms. The maximum absolute atomic E-state index is 11.8. The quantitative estimate of drug-likeness (QED) is 0.741. The number of benzene rings is 1. The third-order valence-electron chi connectivity index (χ3n) is 3.31. The molecule has 1 saturated heterocycles. The Labute approximate surface area is 122 Å². The third-order valence-corrected chi connectivity index (χ3v) is 3.31. The van der Waals surface area contributed by atoms with Crippen LogP contribution in [0.25, 0.3) is 0 Å². The van der Waals surface area contributed by atoms with Crippen LogP contribution in [-0.4, -0.2) is 59.0 Å². The zero-order valence-corrected chi connectivity index (χ0v) is 11.4. The van der Waals surface area contributed by atoms with Gasteiger partial charge in [-0.15, -0.1) is 0 Å². The van der Waals surface area contributed by atoms with Crippen molar-refractivity contribution in [2.75, 3.05) is 19.7 Å². The molecule has 2 unspecified atom stereocenters. The van der Waals surface area contributed by atoms with Crippen LogP contribution in [-0.2, 0) is 4.79 Å². The van der Waals surface area contributed by atoms with E-state index in [1.165, 1.54) is 4.90 Å². The largest absolute Gasteiger partial charge is 0.484 e. The summed E-state index contributed by atoms with van der Waals surface area (Å²) in [5, 5.41) is 21.4. The summed E-state index contributed by atoms with van der Waals surface area (Å²) in [4.78, 5) is 23.9. The van der Waals surface area contributed by atoms with Gasteiger partial charge in [-0.25, -0.2) is 4.79 Å². The van der Waals surface area contributed by atoms with Gasteiger partial charge in [0.1, 0.15) is 5.75 Å². The van der Waals surface area contributed by atoms with E-state index in [4.69, 9.17) is 9.84 Å². The van der Waals surface area contributed by atoms with Gasteiger partial charge in [-0.05, 0) is 18.6 Å². The molecule has 1 heterocycles. The molecule has 1 aromatic rings. The van der Waals surface area contributed by atoms with Crippen molar-refractivity contribution >= 4 is 12.0 Å². The second-order valence-electron chi connectivity index (χ2n) is 4.86. The number of carboxylic acid groups (broad SMARTS) is 1. The fourth-order valence-electron chi connectivity index (χ4n) is 2.17. The third kappa shape index (κ3) is 4.35. The van der Waals surface area contributed by atoms with Crippen LogP contribution in [0.2, 0.25) is 0 Å². The summed E-state index contributed by atoms with van der Waals surface area (Å²) in [6.45, 7) is 0.164. The van der Waals surface area contributed by atoms with Crippen LogP contribution in [0.3, 0.4) is 0 Å². The van der Waals surface area contributed by atoms with Gasteiger partial charge in [-0.1, -0.05) is 18.2 Å². The average molecular weight is 294 g/mol. The Morgan fingerprint density at radius 2 is 2.05 bits per heavy atom. The molecule has 0 spiro atoms. The number of nitrogens with zero attached hydrogens (tertiary/aromatic N) is 1. The molecule has 0 aliphatic carbocycles. The summed E-state index contributed by atoms with van der Waals surface area (Å²) >= 11 is 0. The van der Waals surface area contributed by atoms with Crippen LogP contribution in [0.15, 0.2) is 30.3 Å². The average Bonchev–Trinajstić information content (AvgIpc) is 2.48. The number of likely N-dealkylation sites (tertiary alicyclic amines) is 1. The molecule has 1 aliphatic heterocycles. The molecule has 7 nitrogen and oxygen atoms in total. The number of ether oxygens (including phenoxy) is 1. The van der Waals surface area contributed by atoms with Crippen molar-refractivity contribution in [3.05, 3.63) is 30.3 Å². The molecule has 114 valence electrons. The van der Waals surface area contributed by atoms with Crippen LogP contribution < -0.4 is 10.1 Å². The Morgan fingerprint density at radius 1 is 1.33 bits per heavy atom. The van der Waals surface area contributed by atoms with Crippen LogP contribution in [0, 0.1) is 0 Å². The van der Waals surface area contributed by atoms with Crippen LogP contribution in [0.4, 0.5) is 4.79 Å². The monoisotopic (exact) mass is 294 g/mol. The molecule has 2 atom stereocenters. The summed E-state index contributed by atoms with van der Waals surface area (Å²) in [5.74, 6) is 0.180. The minimum Gasteiger partial charge on any atom is -0.484 e. The van der Waals surface area contributed by atoms with Gasteiger partial charge in [-0.3, -0.25) is 4.79 Å². The number of para-hydroxylation sites is 1. The Bertz CT molecular complexity index is 493. The molecule has 3 N–H and O–H groups in total. The first-order chi connectivity index (χ1) is 10.1. The van der Waals surface area contributed by atoms with E-state index >= 15 is 0 Å². The lowest BCUT2D eigenvalue weighted by Gasteiger charge is -2.34. The summed E-state index contributed by atoms with van der Waals surface area (Å²) in [6.07, 6.45) is -1.50. The summed E-state index contributed by atoms with van der Waals surface area (Å²) < 4.78 is 5.30. The number of amides is 2. The lowest BCUT2D eigenvalue weighted by atomic mass is 10.0. The first-order valence-electron chi connectivity index (χ1n) is 6.69. The van der Waals surface area contributed by atoms with Gasteiger partial charge in [0.05, 0.1) is 12.1 Å². The van der Waals surface area contributed by atoms with Gasteiger partial charge in [0.15, 0.2) is 6.61 Å². The van der Waals surface area contributed by atoms with Crippen molar-refractivity contribution in [1.82, 2.24) is 10.2 Å². The van der Waals surface area contributed by atoms with Gasteiger partial charge in [0.2, 0.25) is 0 Å². The number of piperidine rings is 1. The van der Waals surface area contributed by atoms with E-state index in [-0.39, 0.29) is 19.7 Å². The fraction of sp³-hybridized carbons (Fsp3) is 0.429. The number of aliphatic hydroxyl groups is 1. The normalized spacial score (nSPS) is 21.7. The molecule has 1 fully saturated rings. The van der Waals surface area contributed by atoms with Crippen molar-refractivity contribution in [2.24, 2.45) is 0 Å². The molecule has 2 amide bonds. The number of carbonyl (C=O) groups is 2. The van der Waals surface area contributed by atoms with Crippen molar-refractivity contribution in [2.45, 2.75) is 18.6 Å². The first kappa shape index (κ1) is 15.1. The van der Waals surface area contributed by atoms with Crippen LogP contribution in [0.1, 0.15) is 6.42 Å². The molecule has 0 aromatic heterocycles. The Hall–Kier alpha value is -2.28. The first-order valence-corrected chi connectivity index (χ1v) is 6.69. The minimum atomic E-state index is -1.05. The van der Waals surface area contributed by atoms with Crippen LogP contribution >= 0.6 is 0 Å². The zero-order chi connectivity index (χ0) is 15.2. The van der Waals surface area contributed by atoms with Crippen molar-refractivity contribution in [1.29, 1.82) is 0 Å². The second kappa shape index (κ2) is 6.94. The van der Waals surface area contributed by atoms with Gasteiger partial charge in [0.25, 0.3) is 5.91 Å². The molecule has 0 saturated carbocycles. The van der Waals surface area contributed by atoms with Crippen molar-refractivity contribution in [3.8, 4) is 5.75 Å². The Kier molecular flexibility index (Phi) is 4.99. The number of aliphatic hydroxyl groups excluding tert-OH is 1. The smallest absolute Gasteiger partial charge is 0.407 e. The van der Waals surface area contributed by atoms with Crippen molar-refractivity contribution in [3.63, 3.8) is 0 Å². The van der Waals surface area contributed by atoms with Crippen molar-refractivity contribution < 1.29 is 24.5 Å². The number of hydrogen-bond acceptors (Lipinski definition) is 4. The molecular formula is C14H18N2O5. The molecule has 1 aliphatic rings. The number of carbonyl (C=O) groups excluding carboxylic acids is 1. The molecule has 0 radical (unpaired) electrons. The summed E-state index contributed by atoms with van der Waals surface area (Å²) in [6, 6.07) is 8.28. The number of nitrogens with one attached hydrogen (secondary N) is 1. The lowest BCUT2D eigenvalue weighted by Crippen LogP contribution is -2.56. The highest BCUT2D eigenvalue weighted by molar-refractivity contribution is 5.78. The van der Waals surface area contributed by atoms with E-state index in [1.807, 2.05) is 6.07 Å². The zero-order valence-electron chi connectivity index (χ0n) is 11.4. The number of hydrogen-bond donors (Lipinski definition) is 3. The number of rotatable bonds is 4. The van der Waals surface area contributed by atoms with Gasteiger partial charge in [-0.2, -0.15) is 0 Å². The van der Waals surface area contributed by atoms with E-state index in [9.17, 15) is 14.7 Å². The van der Waals surface area contributed by atoms with Crippen LogP contribution in [0.5, 0.6) is 5.75 Å². The Balaban J connectivity index is 1.82. The van der Waals surface area contributed by atoms with E-state index < -0.39 is 24.1 Å². The SMILES string of the molecule is O=C(COc1ccccc1)NC1CN(C(=O)O)CCC1O. The summed E-state index contributed by atoms with van der Waals surface area (Å²) in [7, 11) is 0. The highest BCUT2D eigenvalue weighted by atomic mass is 16.5. The fourth-order valence-corrected chi connectivity index (χ4v) is 2.17. The van der Waals surface area contributed by atoms with Gasteiger partial charge in [0, 0.05) is 13.1 Å². The summed E-state index contributed by atoms with van der Waals surface area (Å²) in [5.41, 5.74) is 0.